The lowest BCUT2D eigenvalue weighted by atomic mass is 10.2. The third-order valence-corrected chi connectivity index (χ3v) is 3.56. The Morgan fingerprint density at radius 3 is 1.67 bits per heavy atom. The van der Waals surface area contributed by atoms with Crippen molar-refractivity contribution in [1.82, 2.24) is 24.5 Å². The van der Waals surface area contributed by atoms with Crippen LogP contribution in [-0.4, -0.2) is 24.5 Å². The molecule has 3 aromatic rings. The molecular weight excluding hydrogens is 262 g/mol. The van der Waals surface area contributed by atoms with Crippen LogP contribution in [0.4, 0.5) is 0 Å². The molecule has 0 bridgehead atoms. The van der Waals surface area contributed by atoms with Gasteiger partial charge in [-0.1, -0.05) is 0 Å². The third-order valence-electron chi connectivity index (χ3n) is 3.56. The Morgan fingerprint density at radius 1 is 0.810 bits per heavy atom. The number of pyridine rings is 1. The van der Waals surface area contributed by atoms with E-state index in [4.69, 9.17) is 0 Å². The van der Waals surface area contributed by atoms with Gasteiger partial charge in [-0.15, -0.1) is 0 Å². The van der Waals surface area contributed by atoms with Crippen LogP contribution in [-0.2, 0) is 0 Å². The van der Waals surface area contributed by atoms with Gasteiger partial charge in [0.15, 0.2) is 6.17 Å². The van der Waals surface area contributed by atoms with Gasteiger partial charge in [0.25, 0.3) is 0 Å². The van der Waals surface area contributed by atoms with Gasteiger partial charge >= 0.3 is 0 Å². The number of aromatic nitrogens is 5. The zero-order valence-corrected chi connectivity index (χ0v) is 12.8. The maximum atomic E-state index is 4.65. The Kier molecular flexibility index (Phi) is 3.33. The molecule has 3 heterocycles. The minimum atomic E-state index is -0.0876. The fourth-order valence-electron chi connectivity index (χ4n) is 2.71. The Bertz CT molecular complexity index is 708. The molecule has 0 fully saturated rings. The maximum Gasteiger partial charge on any atom is 0.169 e. The Morgan fingerprint density at radius 2 is 1.29 bits per heavy atom. The summed E-state index contributed by atoms with van der Waals surface area (Å²) < 4.78 is 4.04. The van der Waals surface area contributed by atoms with Crippen molar-refractivity contribution >= 4 is 0 Å². The van der Waals surface area contributed by atoms with Crippen LogP contribution in [0.1, 0.15) is 34.5 Å². The normalized spacial score (nSPS) is 11.3. The molecule has 0 spiro atoms. The monoisotopic (exact) mass is 281 g/mol. The van der Waals surface area contributed by atoms with Crippen LogP contribution in [0.2, 0.25) is 0 Å². The highest BCUT2D eigenvalue weighted by molar-refractivity contribution is 5.21. The van der Waals surface area contributed by atoms with Crippen molar-refractivity contribution in [2.24, 2.45) is 0 Å². The molecule has 0 saturated heterocycles. The molecule has 0 aromatic carbocycles. The molecule has 0 aliphatic heterocycles. The summed E-state index contributed by atoms with van der Waals surface area (Å²) in [5, 5.41) is 9.30. The van der Waals surface area contributed by atoms with Gasteiger partial charge in [0.05, 0.1) is 11.4 Å². The summed E-state index contributed by atoms with van der Waals surface area (Å²) in [7, 11) is 0. The van der Waals surface area contributed by atoms with E-state index in [1.165, 1.54) is 0 Å². The van der Waals surface area contributed by atoms with Crippen molar-refractivity contribution in [3.05, 3.63) is 65.0 Å². The lowest BCUT2D eigenvalue weighted by molar-refractivity contribution is 0.401. The molecule has 0 aliphatic carbocycles. The van der Waals surface area contributed by atoms with Crippen LogP contribution in [0.3, 0.4) is 0 Å². The van der Waals surface area contributed by atoms with Crippen molar-refractivity contribution in [2.75, 3.05) is 0 Å². The van der Waals surface area contributed by atoms with Crippen molar-refractivity contribution in [3.63, 3.8) is 0 Å². The number of rotatable bonds is 3. The first-order chi connectivity index (χ1) is 10.1. The quantitative estimate of drug-likeness (QED) is 0.741. The van der Waals surface area contributed by atoms with Crippen LogP contribution in [0.15, 0.2) is 36.7 Å². The molecule has 21 heavy (non-hydrogen) atoms. The van der Waals surface area contributed by atoms with Gasteiger partial charge < -0.3 is 0 Å². The highest BCUT2D eigenvalue weighted by atomic mass is 15.5. The lowest BCUT2D eigenvalue weighted by Crippen LogP contribution is -2.24. The fraction of sp³-hybridized carbons (Fsp3) is 0.312. The molecule has 0 aliphatic rings. The first-order valence-corrected chi connectivity index (χ1v) is 7.01. The van der Waals surface area contributed by atoms with Gasteiger partial charge in [-0.05, 0) is 52.0 Å². The van der Waals surface area contributed by atoms with Gasteiger partial charge in [-0.3, -0.25) is 4.98 Å². The molecule has 0 saturated carbocycles. The summed E-state index contributed by atoms with van der Waals surface area (Å²) in [6, 6.07) is 8.19. The van der Waals surface area contributed by atoms with Crippen molar-refractivity contribution in [1.29, 1.82) is 0 Å². The molecule has 0 amide bonds. The van der Waals surface area contributed by atoms with Gasteiger partial charge in [0.2, 0.25) is 0 Å². The smallest absolute Gasteiger partial charge is 0.169 e. The van der Waals surface area contributed by atoms with E-state index < -0.39 is 0 Å². The van der Waals surface area contributed by atoms with E-state index in [0.29, 0.717) is 0 Å². The molecule has 0 unspecified atom stereocenters. The van der Waals surface area contributed by atoms with Crippen molar-refractivity contribution in [2.45, 2.75) is 33.9 Å². The van der Waals surface area contributed by atoms with Gasteiger partial charge in [-0.25, -0.2) is 9.36 Å². The summed E-state index contributed by atoms with van der Waals surface area (Å²) in [4.78, 5) is 4.11. The van der Waals surface area contributed by atoms with E-state index in [-0.39, 0.29) is 6.17 Å². The van der Waals surface area contributed by atoms with Crippen LogP contribution < -0.4 is 0 Å². The molecule has 0 radical (unpaired) electrons. The second-order valence-corrected chi connectivity index (χ2v) is 5.40. The van der Waals surface area contributed by atoms with Gasteiger partial charge in [0, 0.05) is 29.3 Å². The minimum absolute atomic E-state index is 0.0876. The molecule has 0 N–H and O–H groups in total. The van der Waals surface area contributed by atoms with E-state index in [2.05, 4.69) is 41.2 Å². The van der Waals surface area contributed by atoms with E-state index in [0.717, 1.165) is 28.3 Å². The zero-order chi connectivity index (χ0) is 15.0. The average Bonchev–Trinajstić information content (AvgIpc) is 2.94. The van der Waals surface area contributed by atoms with Crippen LogP contribution in [0.5, 0.6) is 0 Å². The standard InChI is InChI=1S/C16H19N5/c1-11-9-13(3)20(18-11)16(15-5-7-17-8-6-15)21-14(4)10-12(2)19-21/h5-10,16H,1-4H3. The fourth-order valence-corrected chi connectivity index (χ4v) is 2.71. The first kappa shape index (κ1) is 13.5. The molecular formula is C16H19N5. The van der Waals surface area contributed by atoms with Crippen LogP contribution in [0, 0.1) is 27.7 Å². The van der Waals surface area contributed by atoms with Crippen molar-refractivity contribution in [3.8, 4) is 0 Å². The minimum Gasteiger partial charge on any atom is -0.265 e. The molecule has 3 aromatic heterocycles. The maximum absolute atomic E-state index is 4.65. The van der Waals surface area contributed by atoms with E-state index in [9.17, 15) is 0 Å². The predicted octanol–water partition coefficient (Wildman–Crippen LogP) is 2.80. The predicted molar refractivity (Wildman–Crippen MR) is 81.2 cm³/mol. The number of hydrogen-bond acceptors (Lipinski definition) is 3. The van der Waals surface area contributed by atoms with E-state index in [1.807, 2.05) is 35.3 Å². The Labute approximate surface area is 124 Å². The van der Waals surface area contributed by atoms with Gasteiger partial charge in [0.1, 0.15) is 0 Å². The van der Waals surface area contributed by atoms with Crippen LogP contribution >= 0.6 is 0 Å². The largest absolute Gasteiger partial charge is 0.265 e. The third kappa shape index (κ3) is 2.46. The molecule has 3 rings (SSSR count). The topological polar surface area (TPSA) is 48.5 Å². The second-order valence-electron chi connectivity index (χ2n) is 5.40. The Balaban J connectivity index is 2.21. The summed E-state index contributed by atoms with van der Waals surface area (Å²) in [5.74, 6) is 0. The summed E-state index contributed by atoms with van der Waals surface area (Å²) >= 11 is 0. The molecule has 108 valence electrons. The van der Waals surface area contributed by atoms with Crippen molar-refractivity contribution < 1.29 is 0 Å². The number of aryl methyl sites for hydroxylation is 4. The molecule has 5 heteroatoms. The highest BCUT2D eigenvalue weighted by Crippen LogP contribution is 2.23. The SMILES string of the molecule is Cc1cc(C)n(C(c2ccncc2)n2nc(C)cc2C)n1. The van der Waals surface area contributed by atoms with Gasteiger partial charge in [-0.2, -0.15) is 10.2 Å². The number of nitrogens with zero attached hydrogens (tertiary/aromatic N) is 5. The van der Waals surface area contributed by atoms with Crippen LogP contribution in [0.25, 0.3) is 0 Å². The summed E-state index contributed by atoms with van der Waals surface area (Å²) in [6.45, 7) is 8.16. The molecule has 5 nitrogen and oxygen atoms in total. The summed E-state index contributed by atoms with van der Waals surface area (Å²) in [5.41, 5.74) is 5.35. The Hall–Kier alpha value is -2.43. The first-order valence-electron chi connectivity index (χ1n) is 7.01. The number of hydrogen-bond donors (Lipinski definition) is 0. The summed E-state index contributed by atoms with van der Waals surface area (Å²) in [6.07, 6.45) is 3.52. The second kappa shape index (κ2) is 5.16. The molecule has 0 atom stereocenters. The average molecular weight is 281 g/mol. The lowest BCUT2D eigenvalue weighted by Gasteiger charge is -2.21. The highest BCUT2D eigenvalue weighted by Gasteiger charge is 2.21. The zero-order valence-electron chi connectivity index (χ0n) is 12.8. The van der Waals surface area contributed by atoms with E-state index in [1.54, 1.807) is 12.4 Å². The van der Waals surface area contributed by atoms with E-state index >= 15 is 0 Å².